The van der Waals surface area contributed by atoms with Crippen molar-refractivity contribution in [3.05, 3.63) is 22.8 Å². The predicted molar refractivity (Wildman–Crippen MR) is 93.0 cm³/mol. The van der Waals surface area contributed by atoms with E-state index in [2.05, 4.69) is 31.1 Å². The summed E-state index contributed by atoms with van der Waals surface area (Å²) in [6, 6.07) is 3.58. The standard InChI is InChI=1S/C16H23BrN4O2/c1-16(2,3)15(23)21-8-6-20(7-9-21)11-14(22)19-13-5-4-12(17)10-18-13/h4-5,10H,6-9,11H2,1-3H3,(H,18,19,22). The van der Waals surface area contributed by atoms with Crippen molar-refractivity contribution in [3.63, 3.8) is 0 Å². The van der Waals surface area contributed by atoms with Crippen molar-refractivity contribution in [2.75, 3.05) is 38.0 Å². The highest BCUT2D eigenvalue weighted by Gasteiger charge is 2.29. The van der Waals surface area contributed by atoms with Crippen LogP contribution in [0.2, 0.25) is 0 Å². The molecule has 1 aliphatic heterocycles. The van der Waals surface area contributed by atoms with Crippen molar-refractivity contribution in [1.82, 2.24) is 14.8 Å². The molecule has 23 heavy (non-hydrogen) atoms. The Morgan fingerprint density at radius 1 is 1.22 bits per heavy atom. The lowest BCUT2D eigenvalue weighted by atomic mass is 9.94. The van der Waals surface area contributed by atoms with E-state index in [1.165, 1.54) is 0 Å². The molecule has 1 fully saturated rings. The zero-order valence-electron chi connectivity index (χ0n) is 13.8. The number of hydrogen-bond donors (Lipinski definition) is 1. The Bertz CT molecular complexity index is 560. The van der Waals surface area contributed by atoms with Gasteiger partial charge in [0.25, 0.3) is 0 Å². The number of pyridine rings is 1. The van der Waals surface area contributed by atoms with Gasteiger partial charge in [0.1, 0.15) is 5.82 Å². The maximum atomic E-state index is 12.2. The smallest absolute Gasteiger partial charge is 0.239 e. The van der Waals surface area contributed by atoms with Gasteiger partial charge in [-0.25, -0.2) is 4.98 Å². The number of halogens is 1. The molecule has 0 aliphatic carbocycles. The van der Waals surface area contributed by atoms with E-state index >= 15 is 0 Å². The Hall–Kier alpha value is -1.47. The third kappa shape index (κ3) is 5.28. The third-order valence-electron chi connectivity index (χ3n) is 3.66. The van der Waals surface area contributed by atoms with Crippen LogP contribution in [0.4, 0.5) is 5.82 Å². The minimum absolute atomic E-state index is 0.0876. The van der Waals surface area contributed by atoms with Crippen molar-refractivity contribution in [2.45, 2.75) is 20.8 Å². The Morgan fingerprint density at radius 2 is 1.87 bits per heavy atom. The topological polar surface area (TPSA) is 65.5 Å². The fourth-order valence-corrected chi connectivity index (χ4v) is 2.65. The van der Waals surface area contributed by atoms with E-state index < -0.39 is 0 Å². The Kier molecular flexibility index (Phi) is 5.75. The molecule has 126 valence electrons. The monoisotopic (exact) mass is 382 g/mol. The van der Waals surface area contributed by atoms with Gasteiger partial charge in [0, 0.05) is 42.3 Å². The quantitative estimate of drug-likeness (QED) is 0.867. The molecule has 1 saturated heterocycles. The minimum Gasteiger partial charge on any atom is -0.340 e. The summed E-state index contributed by atoms with van der Waals surface area (Å²) in [4.78, 5) is 32.3. The van der Waals surface area contributed by atoms with Crippen LogP contribution in [-0.2, 0) is 9.59 Å². The Labute approximate surface area is 145 Å². The second-order valence-electron chi connectivity index (χ2n) is 6.73. The second-order valence-corrected chi connectivity index (χ2v) is 7.64. The molecule has 1 N–H and O–H groups in total. The van der Waals surface area contributed by atoms with Crippen LogP contribution >= 0.6 is 15.9 Å². The van der Waals surface area contributed by atoms with E-state index in [1.54, 1.807) is 12.3 Å². The molecule has 6 nitrogen and oxygen atoms in total. The van der Waals surface area contributed by atoms with Crippen LogP contribution in [-0.4, -0.2) is 59.3 Å². The molecule has 2 amide bonds. The SMILES string of the molecule is CC(C)(C)C(=O)N1CCN(CC(=O)Nc2ccc(Br)cn2)CC1. The summed E-state index contributed by atoms with van der Waals surface area (Å²) >= 11 is 3.31. The molecular weight excluding hydrogens is 360 g/mol. The fourth-order valence-electron chi connectivity index (χ4n) is 2.42. The van der Waals surface area contributed by atoms with Gasteiger partial charge < -0.3 is 10.2 Å². The summed E-state index contributed by atoms with van der Waals surface area (Å²) in [5.74, 6) is 0.621. The number of aromatic nitrogens is 1. The summed E-state index contributed by atoms with van der Waals surface area (Å²) in [7, 11) is 0. The molecule has 0 atom stereocenters. The van der Waals surface area contributed by atoms with Crippen LogP contribution in [0.1, 0.15) is 20.8 Å². The summed E-state index contributed by atoms with van der Waals surface area (Å²) in [5, 5.41) is 2.78. The van der Waals surface area contributed by atoms with E-state index in [-0.39, 0.29) is 17.2 Å². The summed E-state index contributed by atoms with van der Waals surface area (Å²) < 4.78 is 0.870. The van der Waals surface area contributed by atoms with Gasteiger partial charge in [-0.1, -0.05) is 20.8 Å². The number of anilines is 1. The number of nitrogens with zero attached hydrogens (tertiary/aromatic N) is 3. The lowest BCUT2D eigenvalue weighted by molar-refractivity contribution is -0.141. The van der Waals surface area contributed by atoms with Crippen LogP contribution in [0.3, 0.4) is 0 Å². The first-order valence-electron chi connectivity index (χ1n) is 7.69. The molecule has 1 aliphatic rings. The molecule has 0 aromatic carbocycles. The number of piperazine rings is 1. The molecule has 7 heteroatoms. The maximum absolute atomic E-state index is 12.2. The molecule has 2 heterocycles. The molecule has 0 unspecified atom stereocenters. The maximum Gasteiger partial charge on any atom is 0.239 e. The average molecular weight is 383 g/mol. The van der Waals surface area contributed by atoms with Crippen molar-refractivity contribution in [1.29, 1.82) is 0 Å². The highest BCUT2D eigenvalue weighted by molar-refractivity contribution is 9.10. The average Bonchev–Trinajstić information content (AvgIpc) is 2.49. The third-order valence-corrected chi connectivity index (χ3v) is 4.13. The van der Waals surface area contributed by atoms with Crippen molar-refractivity contribution >= 4 is 33.6 Å². The molecular formula is C16H23BrN4O2. The second kappa shape index (κ2) is 7.40. The van der Waals surface area contributed by atoms with Gasteiger partial charge in [-0.3, -0.25) is 14.5 Å². The van der Waals surface area contributed by atoms with Crippen LogP contribution in [0.25, 0.3) is 0 Å². The van der Waals surface area contributed by atoms with Gasteiger partial charge in [-0.15, -0.1) is 0 Å². The van der Waals surface area contributed by atoms with Gasteiger partial charge in [-0.05, 0) is 28.1 Å². The molecule has 2 rings (SSSR count). The lowest BCUT2D eigenvalue weighted by Gasteiger charge is -2.37. The number of amides is 2. The number of hydrogen-bond acceptors (Lipinski definition) is 4. The first kappa shape index (κ1) is 17.9. The molecule has 0 bridgehead atoms. The van der Waals surface area contributed by atoms with Gasteiger partial charge in [-0.2, -0.15) is 0 Å². The lowest BCUT2D eigenvalue weighted by Crippen LogP contribution is -2.52. The number of rotatable bonds is 3. The number of carbonyl (C=O) groups excluding carboxylic acids is 2. The van der Waals surface area contributed by atoms with E-state index in [0.29, 0.717) is 38.5 Å². The van der Waals surface area contributed by atoms with Crippen molar-refractivity contribution < 1.29 is 9.59 Å². The highest BCUT2D eigenvalue weighted by atomic mass is 79.9. The van der Waals surface area contributed by atoms with Crippen molar-refractivity contribution in [3.8, 4) is 0 Å². The molecule has 1 aromatic rings. The molecule has 0 saturated carbocycles. The van der Waals surface area contributed by atoms with E-state index in [1.807, 2.05) is 31.7 Å². The zero-order chi connectivity index (χ0) is 17.0. The van der Waals surface area contributed by atoms with Crippen LogP contribution in [0, 0.1) is 5.41 Å². The van der Waals surface area contributed by atoms with Crippen LogP contribution < -0.4 is 5.32 Å². The molecule has 1 aromatic heterocycles. The first-order chi connectivity index (χ1) is 10.8. The summed E-state index contributed by atoms with van der Waals surface area (Å²) in [6.07, 6.45) is 1.65. The number of carbonyl (C=O) groups is 2. The zero-order valence-corrected chi connectivity index (χ0v) is 15.4. The summed E-state index contributed by atoms with van der Waals surface area (Å²) in [6.45, 7) is 8.86. The summed E-state index contributed by atoms with van der Waals surface area (Å²) in [5.41, 5.74) is -0.354. The van der Waals surface area contributed by atoms with E-state index in [4.69, 9.17) is 0 Å². The van der Waals surface area contributed by atoms with Gasteiger partial charge >= 0.3 is 0 Å². The predicted octanol–water partition coefficient (Wildman–Crippen LogP) is 1.97. The largest absolute Gasteiger partial charge is 0.340 e. The van der Waals surface area contributed by atoms with Gasteiger partial charge in [0.15, 0.2) is 0 Å². The minimum atomic E-state index is -0.354. The Balaban J connectivity index is 1.79. The molecule has 0 spiro atoms. The van der Waals surface area contributed by atoms with Crippen LogP contribution in [0.5, 0.6) is 0 Å². The Morgan fingerprint density at radius 3 is 2.39 bits per heavy atom. The normalized spacial score (nSPS) is 16.3. The van der Waals surface area contributed by atoms with E-state index in [0.717, 1.165) is 4.47 Å². The van der Waals surface area contributed by atoms with Crippen LogP contribution in [0.15, 0.2) is 22.8 Å². The van der Waals surface area contributed by atoms with Gasteiger partial charge in [0.05, 0.1) is 6.54 Å². The highest BCUT2D eigenvalue weighted by Crippen LogP contribution is 2.18. The van der Waals surface area contributed by atoms with Crippen molar-refractivity contribution in [2.24, 2.45) is 5.41 Å². The fraction of sp³-hybridized carbons (Fsp3) is 0.562. The number of nitrogens with one attached hydrogen (secondary N) is 1. The molecule has 0 radical (unpaired) electrons. The van der Waals surface area contributed by atoms with Gasteiger partial charge in [0.2, 0.25) is 11.8 Å². The van der Waals surface area contributed by atoms with E-state index in [9.17, 15) is 9.59 Å². The first-order valence-corrected chi connectivity index (χ1v) is 8.48.